The number of halogens is 1. The second kappa shape index (κ2) is 6.10. The van der Waals surface area contributed by atoms with Gasteiger partial charge in [0, 0.05) is 10.7 Å². The van der Waals surface area contributed by atoms with Crippen LogP contribution in [0.2, 0.25) is 0 Å². The van der Waals surface area contributed by atoms with Crippen molar-refractivity contribution in [3.05, 3.63) is 40.1 Å². The number of pyridine rings is 1. The van der Waals surface area contributed by atoms with E-state index in [4.69, 9.17) is 0 Å². The van der Waals surface area contributed by atoms with Crippen molar-refractivity contribution in [2.75, 3.05) is 0 Å². The van der Waals surface area contributed by atoms with E-state index in [2.05, 4.69) is 27.0 Å². The van der Waals surface area contributed by atoms with E-state index in [9.17, 15) is 4.79 Å². The molecule has 1 aromatic rings. The highest BCUT2D eigenvalue weighted by Gasteiger charge is 2.16. The molecule has 0 aromatic carbocycles. The minimum Gasteiger partial charge on any atom is -0.287 e. The summed E-state index contributed by atoms with van der Waals surface area (Å²) >= 11 is 3.39. The molecular weight excluding hydrogens is 278 g/mol. The number of Topliss-reactive ketones (excluding diaryl/α,β-unsaturated/α-hetero) is 1. The SMILES string of the molecule is O=C(/C1=C/CCCCCC1)c1ncccc1Br. The first-order valence-corrected chi connectivity index (χ1v) is 6.92. The Morgan fingerprint density at radius 2 is 2.06 bits per heavy atom. The van der Waals surface area contributed by atoms with Crippen molar-refractivity contribution in [1.82, 2.24) is 4.98 Å². The maximum Gasteiger partial charge on any atom is 0.208 e. The van der Waals surface area contributed by atoms with Gasteiger partial charge in [-0.3, -0.25) is 9.78 Å². The maximum absolute atomic E-state index is 12.3. The van der Waals surface area contributed by atoms with Crippen molar-refractivity contribution in [1.29, 1.82) is 0 Å². The fourth-order valence-electron chi connectivity index (χ4n) is 2.10. The van der Waals surface area contributed by atoms with Gasteiger partial charge in [-0.15, -0.1) is 0 Å². The van der Waals surface area contributed by atoms with Crippen molar-refractivity contribution in [3.63, 3.8) is 0 Å². The lowest BCUT2D eigenvalue weighted by Crippen LogP contribution is -2.08. The second-order valence-corrected chi connectivity index (χ2v) is 5.20. The monoisotopic (exact) mass is 293 g/mol. The van der Waals surface area contributed by atoms with Crippen molar-refractivity contribution >= 4 is 21.7 Å². The van der Waals surface area contributed by atoms with Gasteiger partial charge in [-0.25, -0.2) is 0 Å². The van der Waals surface area contributed by atoms with E-state index in [1.54, 1.807) is 6.20 Å². The normalized spacial score (nSPS) is 19.9. The van der Waals surface area contributed by atoms with Gasteiger partial charge in [0.05, 0.1) is 0 Å². The molecule has 1 heterocycles. The molecule has 0 saturated carbocycles. The topological polar surface area (TPSA) is 30.0 Å². The van der Waals surface area contributed by atoms with Gasteiger partial charge in [-0.05, 0) is 59.3 Å². The molecule has 0 radical (unpaired) electrons. The molecule has 2 rings (SSSR count). The maximum atomic E-state index is 12.3. The minimum atomic E-state index is 0.0828. The van der Waals surface area contributed by atoms with Gasteiger partial charge in [0.15, 0.2) is 0 Å². The number of carbonyl (C=O) groups excluding carboxylic acids is 1. The van der Waals surface area contributed by atoms with E-state index in [0.717, 1.165) is 29.3 Å². The van der Waals surface area contributed by atoms with Crippen LogP contribution in [-0.4, -0.2) is 10.8 Å². The summed E-state index contributed by atoms with van der Waals surface area (Å²) in [4.78, 5) is 16.5. The largest absolute Gasteiger partial charge is 0.287 e. The third-order valence-corrected chi connectivity index (χ3v) is 3.70. The molecule has 0 aliphatic heterocycles. The summed E-state index contributed by atoms with van der Waals surface area (Å²) in [5, 5.41) is 0. The average Bonchev–Trinajstić information content (AvgIpc) is 2.28. The molecule has 1 aliphatic rings. The van der Waals surface area contributed by atoms with Crippen LogP contribution in [0.25, 0.3) is 0 Å². The zero-order valence-electron chi connectivity index (χ0n) is 9.79. The molecule has 0 bridgehead atoms. The summed E-state index contributed by atoms with van der Waals surface area (Å²) in [6.07, 6.45) is 10.5. The molecule has 0 spiro atoms. The fourth-order valence-corrected chi connectivity index (χ4v) is 2.54. The Bertz CT molecular complexity index is 440. The van der Waals surface area contributed by atoms with E-state index in [1.807, 2.05) is 12.1 Å². The Labute approximate surface area is 110 Å². The Balaban J connectivity index is 2.21. The minimum absolute atomic E-state index is 0.0828. The first kappa shape index (κ1) is 12.5. The number of aromatic nitrogens is 1. The molecule has 90 valence electrons. The first-order chi connectivity index (χ1) is 8.29. The molecule has 0 atom stereocenters. The molecule has 0 fully saturated rings. The summed E-state index contributed by atoms with van der Waals surface area (Å²) in [5.74, 6) is 0.0828. The van der Waals surface area contributed by atoms with Crippen molar-refractivity contribution in [2.45, 2.75) is 38.5 Å². The highest BCUT2D eigenvalue weighted by Crippen LogP contribution is 2.23. The van der Waals surface area contributed by atoms with Crippen LogP contribution in [0.5, 0.6) is 0 Å². The highest BCUT2D eigenvalue weighted by molar-refractivity contribution is 9.10. The third kappa shape index (κ3) is 3.25. The van der Waals surface area contributed by atoms with Gasteiger partial charge >= 0.3 is 0 Å². The summed E-state index contributed by atoms with van der Waals surface area (Å²) in [6, 6.07) is 3.69. The molecule has 2 nitrogen and oxygen atoms in total. The fraction of sp³-hybridized carbons (Fsp3) is 0.429. The van der Waals surface area contributed by atoms with Crippen molar-refractivity contribution in [2.24, 2.45) is 0 Å². The molecule has 1 aliphatic carbocycles. The Kier molecular flexibility index (Phi) is 4.49. The highest BCUT2D eigenvalue weighted by atomic mass is 79.9. The first-order valence-electron chi connectivity index (χ1n) is 6.13. The van der Waals surface area contributed by atoms with Gasteiger partial charge < -0.3 is 0 Å². The van der Waals surface area contributed by atoms with Crippen molar-refractivity contribution < 1.29 is 4.79 Å². The zero-order chi connectivity index (χ0) is 12.1. The zero-order valence-corrected chi connectivity index (χ0v) is 11.4. The van der Waals surface area contributed by atoms with E-state index in [0.29, 0.717) is 5.69 Å². The summed E-state index contributed by atoms with van der Waals surface area (Å²) < 4.78 is 0.785. The number of ketones is 1. The molecule has 0 saturated heterocycles. The molecule has 3 heteroatoms. The lowest BCUT2D eigenvalue weighted by atomic mass is 9.96. The number of nitrogens with zero attached hydrogens (tertiary/aromatic N) is 1. The van der Waals surface area contributed by atoms with Gasteiger partial charge in [-0.1, -0.05) is 18.9 Å². The second-order valence-electron chi connectivity index (χ2n) is 4.35. The van der Waals surface area contributed by atoms with Gasteiger partial charge in [-0.2, -0.15) is 0 Å². The summed E-state index contributed by atoms with van der Waals surface area (Å²) in [6.45, 7) is 0. The molecule has 0 unspecified atom stereocenters. The molecular formula is C14H16BrNO. The molecule has 0 N–H and O–H groups in total. The Morgan fingerprint density at radius 3 is 2.88 bits per heavy atom. The lowest BCUT2D eigenvalue weighted by molar-refractivity contribution is 0.102. The van der Waals surface area contributed by atoms with E-state index < -0.39 is 0 Å². The number of carbonyl (C=O) groups is 1. The third-order valence-electron chi connectivity index (χ3n) is 3.06. The van der Waals surface area contributed by atoms with Crippen LogP contribution in [0.1, 0.15) is 49.0 Å². The average molecular weight is 294 g/mol. The van der Waals surface area contributed by atoms with E-state index in [-0.39, 0.29) is 5.78 Å². The van der Waals surface area contributed by atoms with Gasteiger partial charge in [0.2, 0.25) is 5.78 Å². The molecule has 1 aromatic heterocycles. The number of hydrogen-bond donors (Lipinski definition) is 0. The molecule has 17 heavy (non-hydrogen) atoms. The van der Waals surface area contributed by atoms with Crippen molar-refractivity contribution in [3.8, 4) is 0 Å². The predicted molar refractivity (Wildman–Crippen MR) is 72.1 cm³/mol. The van der Waals surface area contributed by atoms with Gasteiger partial charge in [0.25, 0.3) is 0 Å². The van der Waals surface area contributed by atoms with Crippen LogP contribution in [-0.2, 0) is 0 Å². The summed E-state index contributed by atoms with van der Waals surface area (Å²) in [5.41, 5.74) is 1.48. The van der Waals surface area contributed by atoms with Gasteiger partial charge in [0.1, 0.15) is 5.69 Å². The summed E-state index contributed by atoms with van der Waals surface area (Å²) in [7, 11) is 0. The predicted octanol–water partition coefficient (Wildman–Crippen LogP) is 4.31. The Morgan fingerprint density at radius 1 is 1.24 bits per heavy atom. The Hall–Kier alpha value is -0.960. The smallest absolute Gasteiger partial charge is 0.208 e. The van der Waals surface area contributed by atoms with Crippen LogP contribution in [0, 0.1) is 0 Å². The van der Waals surface area contributed by atoms with Crippen LogP contribution in [0.3, 0.4) is 0 Å². The number of hydrogen-bond acceptors (Lipinski definition) is 2. The van der Waals surface area contributed by atoms with Crippen LogP contribution < -0.4 is 0 Å². The van der Waals surface area contributed by atoms with Crippen LogP contribution >= 0.6 is 15.9 Å². The number of allylic oxidation sites excluding steroid dienone is 2. The standard InChI is InChI=1S/C14H16BrNO/c15-12-9-6-10-16-13(12)14(17)11-7-4-2-1-3-5-8-11/h6-7,9-10H,1-5,8H2/b11-7+. The molecule has 0 amide bonds. The van der Waals surface area contributed by atoms with E-state index in [1.165, 1.54) is 19.3 Å². The lowest BCUT2D eigenvalue weighted by Gasteiger charge is -2.10. The number of rotatable bonds is 2. The van der Waals surface area contributed by atoms with E-state index >= 15 is 0 Å². The van der Waals surface area contributed by atoms with Crippen LogP contribution in [0.15, 0.2) is 34.5 Å². The van der Waals surface area contributed by atoms with Crippen LogP contribution in [0.4, 0.5) is 0 Å². The quantitative estimate of drug-likeness (QED) is 0.761.